The number of primary amides is 1. The minimum atomic E-state index is -0.714. The molecule has 1 fully saturated rings. The predicted molar refractivity (Wildman–Crippen MR) is 72.2 cm³/mol. The van der Waals surface area contributed by atoms with Crippen LogP contribution in [-0.4, -0.2) is 40.6 Å². The first-order chi connectivity index (χ1) is 8.52. The summed E-state index contributed by atoms with van der Waals surface area (Å²) in [4.78, 5) is 22.0. The third kappa shape index (κ3) is 6.26. The number of aliphatic hydroxyl groups is 1. The Labute approximate surface area is 112 Å². The summed E-state index contributed by atoms with van der Waals surface area (Å²) >= 11 is 1.35. The maximum Gasteiger partial charge on any atom is 0.227 e. The molecule has 1 aliphatic rings. The van der Waals surface area contributed by atoms with E-state index in [-0.39, 0.29) is 17.6 Å². The van der Waals surface area contributed by atoms with Crippen LogP contribution in [0.3, 0.4) is 0 Å². The maximum absolute atomic E-state index is 11.5. The van der Waals surface area contributed by atoms with Crippen molar-refractivity contribution in [3.63, 3.8) is 0 Å². The molecule has 18 heavy (non-hydrogen) atoms. The van der Waals surface area contributed by atoms with Gasteiger partial charge in [-0.3, -0.25) is 9.59 Å². The smallest absolute Gasteiger partial charge is 0.227 e. The highest BCUT2D eigenvalue weighted by Crippen LogP contribution is 2.27. The van der Waals surface area contributed by atoms with Crippen LogP contribution in [0.4, 0.5) is 0 Å². The third-order valence-electron chi connectivity index (χ3n) is 3.12. The van der Waals surface area contributed by atoms with Gasteiger partial charge < -0.3 is 16.2 Å². The van der Waals surface area contributed by atoms with E-state index in [2.05, 4.69) is 5.32 Å². The largest absolute Gasteiger partial charge is 0.388 e. The molecular weight excluding hydrogens is 252 g/mol. The average Bonchev–Trinajstić information content (AvgIpc) is 2.33. The topological polar surface area (TPSA) is 92.4 Å². The van der Waals surface area contributed by atoms with Gasteiger partial charge in [-0.05, 0) is 12.8 Å². The fourth-order valence-corrected chi connectivity index (χ4v) is 2.75. The Balaban J connectivity index is 2.10. The second-order valence-corrected chi connectivity index (χ2v) is 5.94. The Morgan fingerprint density at radius 1 is 1.28 bits per heavy atom. The third-order valence-corrected chi connectivity index (χ3v) is 4.10. The Kier molecular flexibility index (Phi) is 6.49. The van der Waals surface area contributed by atoms with Crippen LogP contribution in [0.15, 0.2) is 0 Å². The van der Waals surface area contributed by atoms with E-state index in [0.717, 1.165) is 25.7 Å². The summed E-state index contributed by atoms with van der Waals surface area (Å²) in [6.45, 7) is 0.340. The monoisotopic (exact) mass is 274 g/mol. The molecular formula is C12H22N2O3S. The van der Waals surface area contributed by atoms with Gasteiger partial charge in [-0.1, -0.05) is 19.3 Å². The normalized spacial score (nSPS) is 18.3. The number of carbonyl (C=O) groups is 2. The Morgan fingerprint density at radius 2 is 1.94 bits per heavy atom. The SMILES string of the molecule is NC(=O)CSCCC(=O)NCC1(O)CCCCC1. The fraction of sp³-hybridized carbons (Fsp3) is 0.833. The molecule has 104 valence electrons. The minimum absolute atomic E-state index is 0.0778. The van der Waals surface area contributed by atoms with Gasteiger partial charge in [0.2, 0.25) is 11.8 Å². The molecule has 1 aliphatic carbocycles. The summed E-state index contributed by atoms with van der Waals surface area (Å²) in [6, 6.07) is 0. The van der Waals surface area contributed by atoms with Crippen LogP contribution < -0.4 is 11.1 Å². The number of amides is 2. The van der Waals surface area contributed by atoms with E-state index in [1.807, 2.05) is 0 Å². The number of rotatable bonds is 7. The van der Waals surface area contributed by atoms with Crippen LogP contribution in [0, 0.1) is 0 Å². The van der Waals surface area contributed by atoms with Crippen molar-refractivity contribution in [3.8, 4) is 0 Å². The van der Waals surface area contributed by atoms with Crippen LogP contribution >= 0.6 is 11.8 Å². The van der Waals surface area contributed by atoms with Crippen LogP contribution in [0.1, 0.15) is 38.5 Å². The first-order valence-electron chi connectivity index (χ1n) is 6.37. The van der Waals surface area contributed by atoms with Crippen molar-refractivity contribution in [2.45, 2.75) is 44.1 Å². The lowest BCUT2D eigenvalue weighted by atomic mass is 9.85. The fourth-order valence-electron chi connectivity index (χ4n) is 2.08. The number of hydrogen-bond acceptors (Lipinski definition) is 4. The molecule has 0 atom stereocenters. The Hall–Kier alpha value is -0.750. The van der Waals surface area contributed by atoms with E-state index >= 15 is 0 Å². The molecule has 1 rings (SSSR count). The number of nitrogens with one attached hydrogen (secondary N) is 1. The zero-order chi connectivity index (χ0) is 13.4. The highest BCUT2D eigenvalue weighted by molar-refractivity contribution is 7.99. The lowest BCUT2D eigenvalue weighted by Gasteiger charge is -2.32. The number of thioether (sulfide) groups is 1. The average molecular weight is 274 g/mol. The lowest BCUT2D eigenvalue weighted by molar-refractivity contribution is -0.122. The van der Waals surface area contributed by atoms with E-state index < -0.39 is 5.60 Å². The summed E-state index contributed by atoms with van der Waals surface area (Å²) in [5.41, 5.74) is 4.28. The molecule has 4 N–H and O–H groups in total. The summed E-state index contributed by atoms with van der Waals surface area (Å²) in [5.74, 6) is 0.382. The highest BCUT2D eigenvalue weighted by Gasteiger charge is 2.29. The van der Waals surface area contributed by atoms with Crippen LogP contribution in [-0.2, 0) is 9.59 Å². The molecule has 5 nitrogen and oxygen atoms in total. The maximum atomic E-state index is 11.5. The first-order valence-corrected chi connectivity index (χ1v) is 7.52. The summed E-state index contributed by atoms with van der Waals surface area (Å²) in [5, 5.41) is 12.9. The van der Waals surface area contributed by atoms with E-state index in [0.29, 0.717) is 18.7 Å². The van der Waals surface area contributed by atoms with Crippen LogP contribution in [0.2, 0.25) is 0 Å². The zero-order valence-electron chi connectivity index (χ0n) is 10.6. The van der Waals surface area contributed by atoms with Crippen molar-refractivity contribution in [3.05, 3.63) is 0 Å². The molecule has 0 aromatic heterocycles. The molecule has 0 radical (unpaired) electrons. The molecule has 2 amide bonds. The molecule has 1 saturated carbocycles. The molecule has 0 aromatic rings. The van der Waals surface area contributed by atoms with Gasteiger partial charge in [0, 0.05) is 18.7 Å². The Bertz CT molecular complexity index is 291. The quantitative estimate of drug-likeness (QED) is 0.586. The molecule has 0 aliphatic heterocycles. The standard InChI is InChI=1S/C12H22N2O3S/c13-10(15)8-18-7-4-11(16)14-9-12(17)5-2-1-3-6-12/h17H,1-9H2,(H2,13,15)(H,14,16). The van der Waals surface area contributed by atoms with Crippen molar-refractivity contribution in [1.29, 1.82) is 0 Å². The van der Waals surface area contributed by atoms with Gasteiger partial charge in [0.15, 0.2) is 0 Å². The summed E-state index contributed by atoms with van der Waals surface area (Å²) in [6.07, 6.45) is 5.11. The van der Waals surface area contributed by atoms with E-state index in [1.165, 1.54) is 18.2 Å². The van der Waals surface area contributed by atoms with Gasteiger partial charge >= 0.3 is 0 Å². The highest BCUT2D eigenvalue weighted by atomic mass is 32.2. The Morgan fingerprint density at radius 3 is 2.56 bits per heavy atom. The predicted octanol–water partition coefficient (Wildman–Crippen LogP) is 0.406. The second kappa shape index (κ2) is 7.63. The number of carbonyl (C=O) groups excluding carboxylic acids is 2. The van der Waals surface area contributed by atoms with Crippen molar-refractivity contribution < 1.29 is 14.7 Å². The van der Waals surface area contributed by atoms with Gasteiger partial charge in [-0.15, -0.1) is 0 Å². The van der Waals surface area contributed by atoms with Crippen molar-refractivity contribution >= 4 is 23.6 Å². The minimum Gasteiger partial charge on any atom is -0.388 e. The molecule has 0 unspecified atom stereocenters. The van der Waals surface area contributed by atoms with Gasteiger partial charge in [-0.25, -0.2) is 0 Å². The zero-order valence-corrected chi connectivity index (χ0v) is 11.4. The second-order valence-electron chi connectivity index (χ2n) is 4.83. The van der Waals surface area contributed by atoms with Crippen LogP contribution in [0.25, 0.3) is 0 Å². The van der Waals surface area contributed by atoms with E-state index in [4.69, 9.17) is 5.73 Å². The van der Waals surface area contributed by atoms with Gasteiger partial charge in [0.25, 0.3) is 0 Å². The van der Waals surface area contributed by atoms with Crippen molar-refractivity contribution in [1.82, 2.24) is 5.32 Å². The van der Waals surface area contributed by atoms with E-state index in [9.17, 15) is 14.7 Å². The van der Waals surface area contributed by atoms with Crippen molar-refractivity contribution in [2.24, 2.45) is 5.73 Å². The van der Waals surface area contributed by atoms with Crippen molar-refractivity contribution in [2.75, 3.05) is 18.1 Å². The summed E-state index contributed by atoms with van der Waals surface area (Å²) in [7, 11) is 0. The molecule has 0 saturated heterocycles. The van der Waals surface area contributed by atoms with Gasteiger partial charge in [0.05, 0.1) is 11.4 Å². The molecule has 0 aromatic carbocycles. The van der Waals surface area contributed by atoms with Gasteiger partial charge in [0.1, 0.15) is 0 Å². The molecule has 0 spiro atoms. The molecule has 0 bridgehead atoms. The van der Waals surface area contributed by atoms with E-state index in [1.54, 1.807) is 0 Å². The first kappa shape index (κ1) is 15.3. The van der Waals surface area contributed by atoms with Gasteiger partial charge in [-0.2, -0.15) is 11.8 Å². The summed E-state index contributed by atoms with van der Waals surface area (Å²) < 4.78 is 0. The molecule has 0 heterocycles. The number of hydrogen-bond donors (Lipinski definition) is 3. The van der Waals surface area contributed by atoms with Crippen LogP contribution in [0.5, 0.6) is 0 Å². The number of nitrogens with two attached hydrogens (primary N) is 1. The lowest BCUT2D eigenvalue weighted by Crippen LogP contribution is -2.44. The molecule has 6 heteroatoms.